The normalized spacial score (nSPS) is 12.4. The fourth-order valence-corrected chi connectivity index (χ4v) is 5.38. The Hall–Kier alpha value is -2.74. The van der Waals surface area contributed by atoms with Crippen LogP contribution in [-0.4, -0.2) is 11.3 Å². The van der Waals surface area contributed by atoms with Crippen LogP contribution in [0.15, 0.2) is 60.7 Å². The van der Waals surface area contributed by atoms with Crippen molar-refractivity contribution in [1.82, 2.24) is 0 Å². The van der Waals surface area contributed by atoms with Crippen LogP contribution in [0.3, 0.4) is 0 Å². The lowest BCUT2D eigenvalue weighted by Gasteiger charge is -2.16. The van der Waals surface area contributed by atoms with E-state index in [1.54, 1.807) is 0 Å². The van der Waals surface area contributed by atoms with E-state index in [2.05, 4.69) is 0 Å². The van der Waals surface area contributed by atoms with Crippen LogP contribution in [0.25, 0.3) is 0 Å². The van der Waals surface area contributed by atoms with E-state index in [4.69, 9.17) is 23.2 Å². The van der Waals surface area contributed by atoms with Crippen molar-refractivity contribution in [3.8, 4) is 0 Å². The highest BCUT2D eigenvalue weighted by Gasteiger charge is 2.53. The van der Waals surface area contributed by atoms with Gasteiger partial charge in [-0.3, -0.25) is 4.79 Å². The van der Waals surface area contributed by atoms with Gasteiger partial charge in [0.25, 0.3) is 0 Å². The van der Waals surface area contributed by atoms with Crippen LogP contribution in [0.1, 0.15) is 37.4 Å². The Bertz CT molecular complexity index is 1280. The number of hydrogen-bond acceptors (Lipinski definition) is 3. The number of ketones is 1. The predicted molar refractivity (Wildman–Crippen MR) is 114 cm³/mol. The molecule has 0 aliphatic heterocycles. The van der Waals surface area contributed by atoms with Crippen LogP contribution in [0.2, 0.25) is 10.0 Å². The highest BCUT2D eigenvalue weighted by Crippen LogP contribution is 2.44. The molecule has 0 saturated heterocycles. The summed E-state index contributed by atoms with van der Waals surface area (Å²) >= 11 is 11.7. The molecule has 0 spiro atoms. The molecular weight excluding hydrogens is 528 g/mol. The molecule has 0 saturated carbocycles. The number of hydrogen-bond donors (Lipinski definition) is 0. The molecule has 1 unspecified atom stereocenters. The van der Waals surface area contributed by atoms with Gasteiger partial charge in [-0.1, -0.05) is 64.2 Å². The van der Waals surface area contributed by atoms with Crippen LogP contribution >= 0.6 is 31.0 Å². The van der Waals surface area contributed by atoms with Gasteiger partial charge in [0.05, 0.1) is 10.0 Å². The van der Waals surface area contributed by atoms with Crippen LogP contribution in [0, 0.1) is 0 Å². The Balaban J connectivity index is 2.37. The molecule has 0 aliphatic rings. The summed E-state index contributed by atoms with van der Waals surface area (Å²) < 4.78 is 96.6. The second-order valence-electron chi connectivity index (χ2n) is 6.77. The largest absolute Gasteiger partial charge is 0.460 e. The lowest BCUT2D eigenvalue weighted by atomic mass is 9.95. The fourth-order valence-electron chi connectivity index (χ4n) is 3.16. The first kappa shape index (κ1) is 25.9. The first-order chi connectivity index (χ1) is 15.7. The number of benzene rings is 3. The maximum atomic E-state index is 14.1. The zero-order valence-corrected chi connectivity index (χ0v) is 18.9. The highest BCUT2D eigenvalue weighted by molar-refractivity contribution is 7.71. The molecule has 3 nitrogen and oxygen atoms in total. The molecule has 3 aromatic rings. The second-order valence-corrected chi connectivity index (χ2v) is 9.03. The summed E-state index contributed by atoms with van der Waals surface area (Å²) in [7, 11) is -4.08. The maximum absolute atomic E-state index is 14.1. The van der Waals surface area contributed by atoms with E-state index >= 15 is 0 Å². The van der Waals surface area contributed by atoms with Gasteiger partial charge in [0, 0.05) is 11.1 Å². The third-order valence-electron chi connectivity index (χ3n) is 4.61. The molecule has 0 bridgehead atoms. The van der Waals surface area contributed by atoms with E-state index in [1.807, 2.05) is 0 Å². The number of alkyl halides is 6. The van der Waals surface area contributed by atoms with Crippen LogP contribution in [0.5, 0.6) is 0 Å². The molecule has 3 rings (SSSR count). The van der Waals surface area contributed by atoms with Gasteiger partial charge in [-0.2, -0.15) is 26.3 Å². The smallest absolute Gasteiger partial charge is 0.289 e. The summed E-state index contributed by atoms with van der Waals surface area (Å²) in [5.41, 5.74) is -7.88. The minimum absolute atomic E-state index is 0.190. The summed E-state index contributed by atoms with van der Waals surface area (Å²) in [6.45, 7) is 0. The van der Waals surface area contributed by atoms with Gasteiger partial charge >= 0.3 is 25.7 Å². The van der Waals surface area contributed by atoms with E-state index < -0.39 is 69.1 Å². The molecule has 12 heteroatoms. The first-order valence-electron chi connectivity index (χ1n) is 9.12. The summed E-state index contributed by atoms with van der Waals surface area (Å²) in [6, 6.07) is 10.5. The first-order valence-corrected chi connectivity index (χ1v) is 11.1. The molecule has 0 heterocycles. The molecule has 0 radical (unpaired) electrons. The van der Waals surface area contributed by atoms with Crippen molar-refractivity contribution in [3.63, 3.8) is 0 Å². The van der Waals surface area contributed by atoms with Gasteiger partial charge in [-0.15, -0.1) is 0 Å². The SMILES string of the molecule is O=C(c1ccccc1)c1ccc(C(F)(F)F)c([P+](=O)C(=O)c2c(Cl)cccc2Cl)c1C(F)(F)F. The van der Waals surface area contributed by atoms with E-state index in [1.165, 1.54) is 24.3 Å². The predicted octanol–water partition coefficient (Wildman–Crippen LogP) is 7.56. The topological polar surface area (TPSA) is 51.2 Å². The Morgan fingerprint density at radius 3 is 1.79 bits per heavy atom. The van der Waals surface area contributed by atoms with Crippen molar-refractivity contribution in [1.29, 1.82) is 0 Å². The van der Waals surface area contributed by atoms with Crippen LogP contribution in [0.4, 0.5) is 26.3 Å². The Morgan fingerprint density at radius 1 is 0.735 bits per heavy atom. The molecule has 0 amide bonds. The van der Waals surface area contributed by atoms with Gasteiger partial charge in [-0.25, -0.2) is 4.79 Å². The molecule has 0 N–H and O–H groups in total. The molecule has 3 aromatic carbocycles. The number of rotatable bonds is 5. The van der Waals surface area contributed by atoms with Gasteiger partial charge in [0.15, 0.2) is 5.78 Å². The van der Waals surface area contributed by atoms with Crippen molar-refractivity contribution in [2.45, 2.75) is 12.4 Å². The van der Waals surface area contributed by atoms with Crippen LogP contribution < -0.4 is 5.30 Å². The Kier molecular flexibility index (Phi) is 7.22. The molecule has 176 valence electrons. The fraction of sp³-hybridized carbons (Fsp3) is 0.0909. The van der Waals surface area contributed by atoms with Gasteiger partial charge in [0.1, 0.15) is 16.7 Å². The Morgan fingerprint density at radius 2 is 1.29 bits per heavy atom. The van der Waals surface area contributed by atoms with Crippen molar-refractivity contribution >= 4 is 47.6 Å². The molecule has 0 aliphatic carbocycles. The quantitative estimate of drug-likeness (QED) is 0.192. The van der Waals surface area contributed by atoms with E-state index in [0.717, 1.165) is 24.3 Å². The summed E-state index contributed by atoms with van der Waals surface area (Å²) in [5, 5.41) is -2.70. The van der Waals surface area contributed by atoms with Crippen molar-refractivity contribution < 1.29 is 40.5 Å². The van der Waals surface area contributed by atoms with Gasteiger partial charge < -0.3 is 0 Å². The van der Waals surface area contributed by atoms with E-state index in [9.17, 15) is 40.5 Å². The van der Waals surface area contributed by atoms with Gasteiger partial charge in [-0.05, 0) is 24.3 Å². The summed E-state index contributed by atoms with van der Waals surface area (Å²) in [4.78, 5) is 25.6. The molecule has 1 atom stereocenters. The lowest BCUT2D eigenvalue weighted by Crippen LogP contribution is -2.29. The average Bonchev–Trinajstić information content (AvgIpc) is 2.76. The molecular formula is C22H10Cl2F6O3P+. The van der Waals surface area contributed by atoms with Gasteiger partial charge in [0.2, 0.25) is 5.30 Å². The monoisotopic (exact) mass is 537 g/mol. The lowest BCUT2D eigenvalue weighted by molar-refractivity contribution is -0.141. The minimum Gasteiger partial charge on any atom is -0.289 e. The maximum Gasteiger partial charge on any atom is 0.460 e. The number of halogens is 8. The second kappa shape index (κ2) is 9.49. The zero-order valence-electron chi connectivity index (χ0n) is 16.5. The molecule has 0 fully saturated rings. The third-order valence-corrected chi connectivity index (χ3v) is 6.70. The van der Waals surface area contributed by atoms with Crippen LogP contribution in [-0.2, 0) is 16.9 Å². The average molecular weight is 538 g/mol. The standard InChI is InChI=1S/C22H10Cl2F6O3P/c23-14-7-4-8-15(24)16(14)20(32)34(33)19-13(21(25,26)27)10-9-12(17(19)22(28,29)30)18(31)11-5-2-1-3-6-11/h1-10H/q+1. The van der Waals surface area contributed by atoms with E-state index in [-0.39, 0.29) is 11.6 Å². The van der Waals surface area contributed by atoms with Crippen molar-refractivity contribution in [3.05, 3.63) is 98.5 Å². The third kappa shape index (κ3) is 5.02. The van der Waals surface area contributed by atoms with E-state index in [0.29, 0.717) is 6.07 Å². The molecule has 0 aromatic heterocycles. The van der Waals surface area contributed by atoms with Crippen molar-refractivity contribution in [2.24, 2.45) is 0 Å². The molecule has 34 heavy (non-hydrogen) atoms. The highest BCUT2D eigenvalue weighted by atomic mass is 35.5. The summed E-state index contributed by atoms with van der Waals surface area (Å²) in [5.74, 6) is -1.27. The minimum atomic E-state index is -5.58. The Labute approximate surface area is 199 Å². The van der Waals surface area contributed by atoms with Crippen molar-refractivity contribution in [2.75, 3.05) is 0 Å². The zero-order chi connectivity index (χ0) is 25.4. The summed E-state index contributed by atoms with van der Waals surface area (Å²) in [6.07, 6.45) is -11.0. The number of carbonyl (C=O) groups is 2. The number of carbonyl (C=O) groups excluding carboxylic acids is 2.